The highest BCUT2D eigenvalue weighted by atomic mass is 32.2. The smallest absolute Gasteiger partial charge is 0.251 e. The SMILES string of the molecule is CCCc1cc(=O)[nH]c(SCC2CNCCO2)n1. The van der Waals surface area contributed by atoms with Crippen molar-refractivity contribution in [2.75, 3.05) is 25.4 Å². The summed E-state index contributed by atoms with van der Waals surface area (Å²) < 4.78 is 5.60. The molecule has 0 spiro atoms. The zero-order chi connectivity index (χ0) is 12.8. The Morgan fingerprint density at radius 3 is 3.22 bits per heavy atom. The van der Waals surface area contributed by atoms with Gasteiger partial charge < -0.3 is 15.0 Å². The molecule has 100 valence electrons. The molecular formula is C12H19N3O2S. The molecule has 1 atom stereocenters. The van der Waals surface area contributed by atoms with Crippen molar-refractivity contribution in [3.8, 4) is 0 Å². The Balaban J connectivity index is 1.93. The number of ether oxygens (including phenoxy) is 1. The van der Waals surface area contributed by atoms with E-state index in [9.17, 15) is 4.79 Å². The molecule has 0 aliphatic carbocycles. The highest BCUT2D eigenvalue weighted by molar-refractivity contribution is 7.99. The van der Waals surface area contributed by atoms with Crippen LogP contribution in [0.2, 0.25) is 0 Å². The number of aromatic nitrogens is 2. The lowest BCUT2D eigenvalue weighted by atomic mass is 10.2. The monoisotopic (exact) mass is 269 g/mol. The molecule has 2 heterocycles. The van der Waals surface area contributed by atoms with Gasteiger partial charge in [-0.25, -0.2) is 4.98 Å². The lowest BCUT2D eigenvalue weighted by Crippen LogP contribution is -2.39. The number of aromatic amines is 1. The second-order valence-electron chi connectivity index (χ2n) is 4.30. The van der Waals surface area contributed by atoms with Crippen molar-refractivity contribution in [2.24, 2.45) is 0 Å². The number of hydrogen-bond donors (Lipinski definition) is 2. The molecule has 0 amide bonds. The van der Waals surface area contributed by atoms with Crippen LogP contribution in [0.4, 0.5) is 0 Å². The molecule has 2 N–H and O–H groups in total. The second kappa shape index (κ2) is 6.92. The predicted molar refractivity (Wildman–Crippen MR) is 72.2 cm³/mol. The zero-order valence-electron chi connectivity index (χ0n) is 10.6. The summed E-state index contributed by atoms with van der Waals surface area (Å²) in [6, 6.07) is 1.58. The number of thioether (sulfide) groups is 1. The maximum atomic E-state index is 11.5. The van der Waals surface area contributed by atoms with Crippen molar-refractivity contribution < 1.29 is 4.74 Å². The number of hydrogen-bond acceptors (Lipinski definition) is 5. The number of morpholine rings is 1. The van der Waals surface area contributed by atoms with Crippen molar-refractivity contribution in [3.63, 3.8) is 0 Å². The molecule has 1 saturated heterocycles. The summed E-state index contributed by atoms with van der Waals surface area (Å²) in [5, 5.41) is 3.98. The molecular weight excluding hydrogens is 250 g/mol. The van der Waals surface area contributed by atoms with Gasteiger partial charge in [-0.1, -0.05) is 25.1 Å². The summed E-state index contributed by atoms with van der Waals surface area (Å²) in [6.45, 7) is 4.62. The fourth-order valence-electron chi connectivity index (χ4n) is 1.83. The number of nitrogens with zero attached hydrogens (tertiary/aromatic N) is 1. The predicted octanol–water partition coefficient (Wildman–Crippen LogP) is 0.803. The maximum absolute atomic E-state index is 11.5. The summed E-state index contributed by atoms with van der Waals surface area (Å²) in [7, 11) is 0. The van der Waals surface area contributed by atoms with E-state index in [-0.39, 0.29) is 11.7 Å². The summed E-state index contributed by atoms with van der Waals surface area (Å²) >= 11 is 1.55. The van der Waals surface area contributed by atoms with Crippen LogP contribution >= 0.6 is 11.8 Å². The Morgan fingerprint density at radius 1 is 1.61 bits per heavy atom. The van der Waals surface area contributed by atoms with E-state index >= 15 is 0 Å². The van der Waals surface area contributed by atoms with Gasteiger partial charge in [0, 0.05) is 30.6 Å². The van der Waals surface area contributed by atoms with Gasteiger partial charge in [0.1, 0.15) is 0 Å². The molecule has 5 nitrogen and oxygen atoms in total. The van der Waals surface area contributed by atoms with Crippen molar-refractivity contribution in [1.82, 2.24) is 15.3 Å². The quantitative estimate of drug-likeness (QED) is 0.611. The summed E-state index contributed by atoms with van der Waals surface area (Å²) in [5.41, 5.74) is 0.796. The molecule has 18 heavy (non-hydrogen) atoms. The van der Waals surface area contributed by atoms with Gasteiger partial charge in [0.15, 0.2) is 5.16 Å². The van der Waals surface area contributed by atoms with Crippen LogP contribution in [0.3, 0.4) is 0 Å². The van der Waals surface area contributed by atoms with Gasteiger partial charge in [-0.05, 0) is 6.42 Å². The first-order valence-electron chi connectivity index (χ1n) is 6.33. The van der Waals surface area contributed by atoms with E-state index in [0.717, 1.165) is 44.0 Å². The average Bonchev–Trinajstić information content (AvgIpc) is 2.37. The van der Waals surface area contributed by atoms with Crippen LogP contribution in [0, 0.1) is 0 Å². The summed E-state index contributed by atoms with van der Waals surface area (Å²) in [6.07, 6.45) is 2.04. The van der Waals surface area contributed by atoms with Crippen LogP contribution < -0.4 is 10.9 Å². The van der Waals surface area contributed by atoms with Crippen molar-refractivity contribution in [1.29, 1.82) is 0 Å². The number of aryl methyl sites for hydroxylation is 1. The molecule has 1 aromatic heterocycles. The van der Waals surface area contributed by atoms with E-state index in [2.05, 4.69) is 22.2 Å². The van der Waals surface area contributed by atoms with E-state index in [0.29, 0.717) is 5.16 Å². The van der Waals surface area contributed by atoms with Crippen LogP contribution in [-0.2, 0) is 11.2 Å². The van der Waals surface area contributed by atoms with E-state index in [1.54, 1.807) is 17.8 Å². The van der Waals surface area contributed by atoms with Crippen LogP contribution in [0.25, 0.3) is 0 Å². The minimum atomic E-state index is -0.0707. The van der Waals surface area contributed by atoms with Crippen LogP contribution in [0.15, 0.2) is 16.0 Å². The van der Waals surface area contributed by atoms with Crippen LogP contribution in [0.5, 0.6) is 0 Å². The molecule has 6 heteroatoms. The fraction of sp³-hybridized carbons (Fsp3) is 0.667. The van der Waals surface area contributed by atoms with E-state index in [4.69, 9.17) is 4.74 Å². The zero-order valence-corrected chi connectivity index (χ0v) is 11.4. The molecule has 1 unspecified atom stereocenters. The molecule has 0 radical (unpaired) electrons. The molecule has 0 saturated carbocycles. The minimum Gasteiger partial charge on any atom is -0.375 e. The Labute approximate surface area is 111 Å². The Hall–Kier alpha value is -0.850. The van der Waals surface area contributed by atoms with Crippen molar-refractivity contribution in [2.45, 2.75) is 31.0 Å². The van der Waals surface area contributed by atoms with Crippen molar-refractivity contribution in [3.05, 3.63) is 22.1 Å². The van der Waals surface area contributed by atoms with E-state index in [1.807, 2.05) is 0 Å². The maximum Gasteiger partial charge on any atom is 0.251 e. The average molecular weight is 269 g/mol. The van der Waals surface area contributed by atoms with Gasteiger partial charge in [0.2, 0.25) is 0 Å². The lowest BCUT2D eigenvalue weighted by Gasteiger charge is -2.22. The lowest BCUT2D eigenvalue weighted by molar-refractivity contribution is 0.0440. The molecule has 1 fully saturated rings. The largest absolute Gasteiger partial charge is 0.375 e. The first-order chi connectivity index (χ1) is 8.78. The number of nitrogens with one attached hydrogen (secondary N) is 2. The summed E-state index contributed by atoms with van der Waals surface area (Å²) in [5.74, 6) is 0.811. The van der Waals surface area contributed by atoms with Crippen LogP contribution in [-0.4, -0.2) is 41.5 Å². The van der Waals surface area contributed by atoms with Gasteiger partial charge in [0.25, 0.3) is 5.56 Å². The molecule has 2 rings (SSSR count). The standard InChI is InChI=1S/C12H19N3O2S/c1-2-3-9-6-11(16)15-12(14-9)18-8-10-7-13-4-5-17-10/h6,10,13H,2-5,7-8H2,1H3,(H,14,15,16). The molecule has 1 aromatic rings. The Kier molecular flexibility index (Phi) is 5.22. The van der Waals surface area contributed by atoms with Crippen LogP contribution in [0.1, 0.15) is 19.0 Å². The van der Waals surface area contributed by atoms with E-state index < -0.39 is 0 Å². The normalized spacial score (nSPS) is 19.9. The minimum absolute atomic E-state index is 0.0707. The third-order valence-corrected chi connectivity index (χ3v) is 3.69. The fourth-order valence-corrected chi connectivity index (χ4v) is 2.75. The second-order valence-corrected chi connectivity index (χ2v) is 5.31. The van der Waals surface area contributed by atoms with Gasteiger partial charge in [-0.3, -0.25) is 4.79 Å². The van der Waals surface area contributed by atoms with Gasteiger partial charge in [-0.15, -0.1) is 0 Å². The first kappa shape index (κ1) is 13.6. The first-order valence-corrected chi connectivity index (χ1v) is 7.32. The molecule has 0 aromatic carbocycles. The molecule has 1 aliphatic rings. The number of H-pyrrole nitrogens is 1. The van der Waals surface area contributed by atoms with Gasteiger partial charge >= 0.3 is 0 Å². The Bertz CT molecular complexity index is 430. The topological polar surface area (TPSA) is 67.0 Å². The van der Waals surface area contributed by atoms with Crippen molar-refractivity contribution >= 4 is 11.8 Å². The number of rotatable bonds is 5. The van der Waals surface area contributed by atoms with Gasteiger partial charge in [-0.2, -0.15) is 0 Å². The third kappa shape index (κ3) is 4.12. The molecule has 1 aliphatic heterocycles. The highest BCUT2D eigenvalue weighted by Crippen LogP contribution is 2.15. The summed E-state index contributed by atoms with van der Waals surface area (Å²) in [4.78, 5) is 18.7. The highest BCUT2D eigenvalue weighted by Gasteiger charge is 2.14. The Morgan fingerprint density at radius 2 is 2.50 bits per heavy atom. The van der Waals surface area contributed by atoms with Gasteiger partial charge in [0.05, 0.1) is 12.7 Å². The van der Waals surface area contributed by atoms with E-state index in [1.165, 1.54) is 0 Å². The third-order valence-electron chi connectivity index (χ3n) is 2.69. The molecule has 0 bridgehead atoms.